The summed E-state index contributed by atoms with van der Waals surface area (Å²) in [6.45, 7) is 1.11. The lowest BCUT2D eigenvalue weighted by Crippen LogP contribution is -2.35. The minimum Gasteiger partial charge on any atom is -0.489 e. The van der Waals surface area contributed by atoms with Crippen LogP contribution in [-0.4, -0.2) is 12.1 Å². The van der Waals surface area contributed by atoms with E-state index in [9.17, 15) is 13.6 Å². The van der Waals surface area contributed by atoms with Crippen molar-refractivity contribution in [1.82, 2.24) is 0 Å². The molecular formula is C57H46F2O8. The molecular weight excluding hydrogens is 851 g/mol. The predicted octanol–water partition coefficient (Wildman–Crippen LogP) is 12.8. The quantitative estimate of drug-likeness (QED) is 0.0788. The number of carbonyl (C=O) groups is 1. The van der Waals surface area contributed by atoms with Gasteiger partial charge >= 0.3 is 5.97 Å². The van der Waals surface area contributed by atoms with E-state index in [4.69, 9.17) is 33.2 Å². The van der Waals surface area contributed by atoms with E-state index in [2.05, 4.69) is 0 Å². The first-order valence-electron chi connectivity index (χ1n) is 21.9. The number of benzene rings is 8. The van der Waals surface area contributed by atoms with Crippen molar-refractivity contribution in [2.45, 2.75) is 51.7 Å². The summed E-state index contributed by atoms with van der Waals surface area (Å²) in [5.41, 5.74) is 5.64. The molecule has 67 heavy (non-hydrogen) atoms. The number of ether oxygens (including phenoxy) is 7. The molecule has 0 N–H and O–H groups in total. The van der Waals surface area contributed by atoms with Crippen LogP contribution in [0.3, 0.4) is 0 Å². The van der Waals surface area contributed by atoms with E-state index in [0.29, 0.717) is 45.6 Å². The highest BCUT2D eigenvalue weighted by Gasteiger charge is 2.38. The zero-order chi connectivity index (χ0) is 45.8. The molecule has 10 heteroatoms. The molecule has 0 saturated heterocycles. The van der Waals surface area contributed by atoms with Crippen molar-refractivity contribution in [3.63, 3.8) is 0 Å². The van der Waals surface area contributed by atoms with Crippen molar-refractivity contribution in [3.05, 3.63) is 250 Å². The van der Waals surface area contributed by atoms with Crippen LogP contribution in [0.4, 0.5) is 8.78 Å². The van der Waals surface area contributed by atoms with E-state index < -0.39 is 29.8 Å². The fourth-order valence-corrected chi connectivity index (χ4v) is 7.64. The predicted molar refractivity (Wildman–Crippen MR) is 249 cm³/mol. The average molecular weight is 897 g/mol. The van der Waals surface area contributed by atoms with E-state index in [-0.39, 0.29) is 45.0 Å². The zero-order valence-corrected chi connectivity index (χ0v) is 36.4. The molecule has 336 valence electrons. The Morgan fingerprint density at radius 2 is 0.925 bits per heavy atom. The van der Waals surface area contributed by atoms with Crippen molar-refractivity contribution in [2.75, 3.05) is 0 Å². The fraction of sp³-hybridized carbons (Fsp3) is 0.140. The van der Waals surface area contributed by atoms with Crippen molar-refractivity contribution in [2.24, 2.45) is 0 Å². The Kier molecular flexibility index (Phi) is 14.0. The average Bonchev–Trinajstić information content (AvgIpc) is 3.37. The van der Waals surface area contributed by atoms with Crippen LogP contribution < -0.4 is 28.4 Å². The minimum atomic E-state index is -1.18. The van der Waals surface area contributed by atoms with Gasteiger partial charge in [0.1, 0.15) is 56.4 Å². The van der Waals surface area contributed by atoms with Crippen LogP contribution in [0, 0.1) is 11.6 Å². The highest BCUT2D eigenvalue weighted by atomic mass is 19.2. The largest absolute Gasteiger partial charge is 0.489 e. The summed E-state index contributed by atoms with van der Waals surface area (Å²) in [5.74, 6) is -0.692. The van der Waals surface area contributed by atoms with Crippen molar-refractivity contribution >= 4 is 5.97 Å². The maximum absolute atomic E-state index is 14.6. The summed E-state index contributed by atoms with van der Waals surface area (Å²) in [6.07, 6.45) is -1.94. The number of esters is 1. The molecule has 8 aromatic carbocycles. The molecule has 0 saturated carbocycles. The van der Waals surface area contributed by atoms with E-state index in [1.54, 1.807) is 24.3 Å². The summed E-state index contributed by atoms with van der Waals surface area (Å²) in [4.78, 5) is 14.0. The second kappa shape index (κ2) is 21.3. The molecule has 0 unspecified atom stereocenters. The van der Waals surface area contributed by atoms with Gasteiger partial charge in [0, 0.05) is 29.7 Å². The molecule has 1 heterocycles. The Morgan fingerprint density at radius 1 is 0.478 bits per heavy atom. The van der Waals surface area contributed by atoms with E-state index in [1.165, 1.54) is 6.07 Å². The number of halogens is 2. The molecule has 8 aromatic rings. The number of carbonyl (C=O) groups excluding carboxylic acids is 1. The van der Waals surface area contributed by atoms with Crippen LogP contribution in [0.25, 0.3) is 0 Å². The van der Waals surface area contributed by atoms with Crippen LogP contribution in [0.2, 0.25) is 0 Å². The first-order valence-corrected chi connectivity index (χ1v) is 21.9. The van der Waals surface area contributed by atoms with Gasteiger partial charge in [-0.3, -0.25) is 0 Å². The number of fused-ring (bicyclic) bond motifs is 1. The van der Waals surface area contributed by atoms with Crippen LogP contribution >= 0.6 is 0 Å². The van der Waals surface area contributed by atoms with Crippen molar-refractivity contribution in [1.29, 1.82) is 0 Å². The third-order valence-electron chi connectivity index (χ3n) is 11.1. The maximum Gasteiger partial charge on any atom is 0.338 e. The molecule has 2 atom stereocenters. The Morgan fingerprint density at radius 3 is 1.40 bits per heavy atom. The molecule has 1 aliphatic heterocycles. The van der Waals surface area contributed by atoms with Crippen molar-refractivity contribution < 1.29 is 46.7 Å². The lowest BCUT2D eigenvalue weighted by atomic mass is 9.93. The van der Waals surface area contributed by atoms with Crippen LogP contribution in [-0.2, 0) is 44.2 Å². The van der Waals surface area contributed by atoms with Gasteiger partial charge in [-0.15, -0.1) is 0 Å². The Hall–Kier alpha value is -8.11. The molecule has 9 rings (SSSR count). The molecule has 0 aliphatic carbocycles. The van der Waals surface area contributed by atoms with Crippen LogP contribution in [0.1, 0.15) is 55.4 Å². The first kappa shape index (κ1) is 44.1. The van der Waals surface area contributed by atoms with Gasteiger partial charge in [0.25, 0.3) is 0 Å². The minimum absolute atomic E-state index is 0.102. The number of hydrogen-bond donors (Lipinski definition) is 0. The second-order valence-corrected chi connectivity index (χ2v) is 15.9. The van der Waals surface area contributed by atoms with E-state index in [1.807, 2.05) is 152 Å². The zero-order valence-electron chi connectivity index (χ0n) is 36.4. The topological polar surface area (TPSA) is 81.7 Å². The summed E-state index contributed by atoms with van der Waals surface area (Å²) >= 11 is 0. The Labute approximate surface area is 387 Å². The Bertz CT molecular complexity index is 2820. The highest BCUT2D eigenvalue weighted by molar-refractivity contribution is 5.89. The Balaban J connectivity index is 1.15. The standard InChI is InChI=1S/C57H46F2O8/c58-48-27-26-44(28-49(48)59)57(60)67-54-33-47-50(62-35-40-18-8-2-9-19-40)31-46(61-34-39-16-6-1-7-17-39)32-51(47)66-55(54)45-29-52(63-36-41-20-10-3-11-21-41)56(65-38-43-24-14-5-15-25-43)53(30-45)64-37-42-22-12-4-13-23-42/h1-32,54-55H,33-38H2/t54-,55-/m1/s1. The van der Waals surface area contributed by atoms with Gasteiger partial charge in [-0.05, 0) is 58.1 Å². The normalized spacial score (nSPS) is 13.9. The van der Waals surface area contributed by atoms with Gasteiger partial charge in [-0.1, -0.05) is 152 Å². The number of rotatable bonds is 18. The summed E-state index contributed by atoms with van der Waals surface area (Å²) in [6, 6.07) is 58.8. The molecule has 0 spiro atoms. The second-order valence-electron chi connectivity index (χ2n) is 15.9. The molecule has 0 amide bonds. The summed E-state index contributed by atoms with van der Waals surface area (Å²) < 4.78 is 74.6. The lowest BCUT2D eigenvalue weighted by molar-refractivity contribution is -0.0191. The van der Waals surface area contributed by atoms with Crippen LogP contribution in [0.15, 0.2) is 194 Å². The SMILES string of the molecule is O=C(O[C@@H]1Cc2c(OCc3ccccc3)cc(OCc3ccccc3)cc2O[C@@H]1c1cc(OCc2ccccc2)c(OCc2ccccc2)c(OCc2ccccc2)c1)c1ccc(F)c(F)c1. The number of hydrogen-bond acceptors (Lipinski definition) is 8. The van der Waals surface area contributed by atoms with Gasteiger partial charge in [0.2, 0.25) is 5.75 Å². The van der Waals surface area contributed by atoms with Gasteiger partial charge in [-0.2, -0.15) is 0 Å². The van der Waals surface area contributed by atoms with Gasteiger partial charge in [-0.25, -0.2) is 13.6 Å². The highest BCUT2D eigenvalue weighted by Crippen LogP contribution is 2.48. The van der Waals surface area contributed by atoms with Gasteiger partial charge in [0.15, 0.2) is 29.2 Å². The lowest BCUT2D eigenvalue weighted by Gasteiger charge is -2.35. The first-order chi connectivity index (χ1) is 32.9. The molecule has 1 aliphatic rings. The van der Waals surface area contributed by atoms with Crippen LogP contribution in [0.5, 0.6) is 34.5 Å². The molecule has 0 bridgehead atoms. The summed E-state index contributed by atoms with van der Waals surface area (Å²) in [7, 11) is 0. The fourth-order valence-electron chi connectivity index (χ4n) is 7.64. The molecule has 8 nitrogen and oxygen atoms in total. The third-order valence-corrected chi connectivity index (χ3v) is 11.1. The van der Waals surface area contributed by atoms with E-state index in [0.717, 1.165) is 39.9 Å². The van der Waals surface area contributed by atoms with E-state index >= 15 is 0 Å². The third kappa shape index (κ3) is 11.4. The molecule has 0 fully saturated rings. The van der Waals surface area contributed by atoms with Gasteiger partial charge in [0.05, 0.1) is 5.56 Å². The molecule has 0 radical (unpaired) electrons. The smallest absolute Gasteiger partial charge is 0.338 e. The van der Waals surface area contributed by atoms with Gasteiger partial charge < -0.3 is 33.2 Å². The monoisotopic (exact) mass is 896 g/mol. The molecule has 0 aromatic heterocycles. The summed E-state index contributed by atoms with van der Waals surface area (Å²) in [5, 5.41) is 0. The maximum atomic E-state index is 14.6. The van der Waals surface area contributed by atoms with Crippen molar-refractivity contribution in [3.8, 4) is 34.5 Å².